The van der Waals surface area contributed by atoms with E-state index in [1.54, 1.807) is 0 Å². The number of hydrogen-bond donors (Lipinski definition) is 1. The Morgan fingerprint density at radius 1 is 1.04 bits per heavy atom. The number of nitrogens with zero attached hydrogens (tertiary/aromatic N) is 1. The molecule has 3 fully saturated rings. The van der Waals surface area contributed by atoms with E-state index in [4.69, 9.17) is 11.6 Å². The molecule has 1 aliphatic heterocycles. The van der Waals surface area contributed by atoms with Gasteiger partial charge in [0.25, 0.3) is 0 Å². The Balaban J connectivity index is 1.28. The maximum Gasteiger partial charge on any atom is 0.230 e. The number of amides is 2. The lowest BCUT2D eigenvalue weighted by atomic mass is 9.64. The van der Waals surface area contributed by atoms with Crippen molar-refractivity contribution >= 4 is 23.4 Å². The van der Waals surface area contributed by atoms with Crippen LogP contribution in [0, 0.1) is 11.8 Å². The molecule has 4 rings (SSSR count). The summed E-state index contributed by atoms with van der Waals surface area (Å²) < 4.78 is 0. The fourth-order valence-electron chi connectivity index (χ4n) is 5.38. The molecule has 2 saturated carbocycles. The summed E-state index contributed by atoms with van der Waals surface area (Å²) in [6.07, 6.45) is 9.63. The fraction of sp³-hybridized carbons (Fsp3) is 0.652. The van der Waals surface area contributed by atoms with Crippen molar-refractivity contribution in [2.45, 2.75) is 63.2 Å². The zero-order valence-corrected chi connectivity index (χ0v) is 17.3. The van der Waals surface area contributed by atoms with Gasteiger partial charge in [0.1, 0.15) is 0 Å². The third kappa shape index (κ3) is 3.94. The molecule has 2 unspecified atom stereocenters. The molecule has 152 valence electrons. The molecular weight excluding hydrogens is 372 g/mol. The van der Waals surface area contributed by atoms with Crippen LogP contribution in [0.5, 0.6) is 0 Å². The van der Waals surface area contributed by atoms with E-state index in [2.05, 4.69) is 5.32 Å². The van der Waals surface area contributed by atoms with Gasteiger partial charge in [-0.05, 0) is 55.2 Å². The molecule has 28 heavy (non-hydrogen) atoms. The van der Waals surface area contributed by atoms with Crippen LogP contribution >= 0.6 is 11.6 Å². The maximum atomic E-state index is 12.9. The average molecular weight is 403 g/mol. The van der Waals surface area contributed by atoms with Gasteiger partial charge >= 0.3 is 0 Å². The minimum absolute atomic E-state index is 0.0554. The minimum Gasteiger partial charge on any atom is -0.355 e. The lowest BCUT2D eigenvalue weighted by Crippen LogP contribution is -2.50. The summed E-state index contributed by atoms with van der Waals surface area (Å²) in [4.78, 5) is 27.6. The third-order valence-corrected chi connectivity index (χ3v) is 7.56. The zero-order chi connectivity index (χ0) is 19.6. The summed E-state index contributed by atoms with van der Waals surface area (Å²) in [6, 6.07) is 7.62. The largest absolute Gasteiger partial charge is 0.355 e. The van der Waals surface area contributed by atoms with Gasteiger partial charge in [0.05, 0.1) is 5.41 Å². The van der Waals surface area contributed by atoms with Crippen molar-refractivity contribution in [3.8, 4) is 0 Å². The first-order chi connectivity index (χ1) is 13.6. The van der Waals surface area contributed by atoms with E-state index in [9.17, 15) is 9.59 Å². The summed E-state index contributed by atoms with van der Waals surface area (Å²) in [6.45, 7) is 2.24. The Morgan fingerprint density at radius 3 is 2.43 bits per heavy atom. The predicted octanol–water partition coefficient (Wildman–Crippen LogP) is 4.31. The summed E-state index contributed by atoms with van der Waals surface area (Å²) in [5, 5.41) is 3.73. The summed E-state index contributed by atoms with van der Waals surface area (Å²) in [7, 11) is 0. The van der Waals surface area contributed by atoms with Crippen molar-refractivity contribution in [1.29, 1.82) is 0 Å². The lowest BCUT2D eigenvalue weighted by molar-refractivity contribution is -0.134. The molecule has 1 heterocycles. The van der Waals surface area contributed by atoms with E-state index in [1.165, 1.54) is 25.7 Å². The van der Waals surface area contributed by atoms with E-state index >= 15 is 0 Å². The number of halogens is 1. The highest BCUT2D eigenvalue weighted by atomic mass is 35.5. The van der Waals surface area contributed by atoms with Crippen LogP contribution < -0.4 is 5.32 Å². The Bertz CT molecular complexity index is 714. The normalized spacial score (nSPS) is 26.1. The maximum absolute atomic E-state index is 12.9. The van der Waals surface area contributed by atoms with E-state index in [1.807, 2.05) is 29.2 Å². The molecular formula is C23H31ClN2O2. The monoisotopic (exact) mass is 402 g/mol. The van der Waals surface area contributed by atoms with Gasteiger partial charge in [0.2, 0.25) is 11.8 Å². The molecule has 1 aromatic rings. The van der Waals surface area contributed by atoms with Gasteiger partial charge in [-0.3, -0.25) is 9.59 Å². The molecule has 1 saturated heterocycles. The van der Waals surface area contributed by atoms with Gasteiger partial charge in [0, 0.05) is 31.1 Å². The highest BCUT2D eigenvalue weighted by Crippen LogP contribution is 2.44. The van der Waals surface area contributed by atoms with Gasteiger partial charge < -0.3 is 10.2 Å². The van der Waals surface area contributed by atoms with Gasteiger partial charge in [-0.15, -0.1) is 0 Å². The Kier molecular flexibility index (Phi) is 5.96. The first-order valence-electron chi connectivity index (χ1n) is 10.9. The second kappa shape index (κ2) is 8.44. The number of piperidine rings is 1. The van der Waals surface area contributed by atoms with Gasteiger partial charge in [0.15, 0.2) is 0 Å². The minimum atomic E-state index is -0.436. The number of rotatable bonds is 5. The number of hydrogen-bond acceptors (Lipinski definition) is 2. The van der Waals surface area contributed by atoms with Crippen molar-refractivity contribution in [2.24, 2.45) is 11.8 Å². The molecule has 2 aliphatic carbocycles. The SMILES string of the molecule is O=C(CCNC(=O)C1(c2ccc(Cl)cc2)CCC1)N1CCC2CCCCC2C1. The number of carbonyl (C=O) groups excluding carboxylic acids is 2. The molecule has 2 amide bonds. The van der Waals surface area contributed by atoms with Crippen molar-refractivity contribution < 1.29 is 9.59 Å². The van der Waals surface area contributed by atoms with Gasteiger partial charge in [-0.2, -0.15) is 0 Å². The fourth-order valence-corrected chi connectivity index (χ4v) is 5.51. The summed E-state index contributed by atoms with van der Waals surface area (Å²) >= 11 is 5.99. The van der Waals surface area contributed by atoms with Crippen LogP contribution in [-0.2, 0) is 15.0 Å². The number of nitrogens with one attached hydrogen (secondary N) is 1. The molecule has 2 atom stereocenters. The molecule has 0 bridgehead atoms. The molecule has 1 aromatic carbocycles. The van der Waals surface area contributed by atoms with Crippen molar-refractivity contribution in [3.05, 3.63) is 34.9 Å². The topological polar surface area (TPSA) is 49.4 Å². The van der Waals surface area contributed by atoms with Crippen LogP contribution in [0.15, 0.2) is 24.3 Å². The van der Waals surface area contributed by atoms with Crippen molar-refractivity contribution in [2.75, 3.05) is 19.6 Å². The second-order valence-corrected chi connectivity index (χ2v) is 9.32. The number of carbonyl (C=O) groups is 2. The van der Waals surface area contributed by atoms with E-state index in [0.717, 1.165) is 50.3 Å². The second-order valence-electron chi connectivity index (χ2n) is 8.88. The van der Waals surface area contributed by atoms with Crippen molar-refractivity contribution in [3.63, 3.8) is 0 Å². The molecule has 3 aliphatic rings. The summed E-state index contributed by atoms with van der Waals surface area (Å²) in [5.74, 6) is 1.78. The number of benzene rings is 1. The Labute approximate surface area is 173 Å². The Morgan fingerprint density at radius 2 is 1.75 bits per heavy atom. The molecule has 5 heteroatoms. The molecule has 4 nitrogen and oxygen atoms in total. The third-order valence-electron chi connectivity index (χ3n) is 7.31. The first kappa shape index (κ1) is 19.8. The quantitative estimate of drug-likeness (QED) is 0.797. The van der Waals surface area contributed by atoms with Crippen LogP contribution in [0.4, 0.5) is 0 Å². The van der Waals surface area contributed by atoms with E-state index < -0.39 is 5.41 Å². The first-order valence-corrected chi connectivity index (χ1v) is 11.3. The van der Waals surface area contributed by atoms with E-state index in [-0.39, 0.29) is 11.8 Å². The highest BCUT2D eigenvalue weighted by molar-refractivity contribution is 6.30. The van der Waals surface area contributed by atoms with Crippen LogP contribution in [0.2, 0.25) is 5.02 Å². The molecule has 0 aromatic heterocycles. The molecule has 0 spiro atoms. The molecule has 0 radical (unpaired) electrons. The van der Waals surface area contributed by atoms with Crippen LogP contribution in [-0.4, -0.2) is 36.3 Å². The standard InChI is InChI=1S/C23H31ClN2O2/c24-20-8-6-19(7-9-20)23(12-3-13-23)22(28)25-14-10-21(27)26-15-11-17-4-1-2-5-18(17)16-26/h6-9,17-18H,1-5,10-16H2,(H,25,28). The zero-order valence-electron chi connectivity index (χ0n) is 16.6. The Hall–Kier alpha value is -1.55. The smallest absolute Gasteiger partial charge is 0.230 e. The van der Waals surface area contributed by atoms with Crippen molar-refractivity contribution in [1.82, 2.24) is 10.2 Å². The molecule has 1 N–H and O–H groups in total. The predicted molar refractivity (Wildman–Crippen MR) is 111 cm³/mol. The average Bonchev–Trinajstić information content (AvgIpc) is 2.68. The lowest BCUT2D eigenvalue weighted by Gasteiger charge is -2.42. The van der Waals surface area contributed by atoms with E-state index in [0.29, 0.717) is 23.9 Å². The van der Waals surface area contributed by atoms with Crippen LogP contribution in [0.3, 0.4) is 0 Å². The van der Waals surface area contributed by atoms with Crippen LogP contribution in [0.25, 0.3) is 0 Å². The summed E-state index contributed by atoms with van der Waals surface area (Å²) in [5.41, 5.74) is 0.597. The number of fused-ring (bicyclic) bond motifs is 1. The highest BCUT2D eigenvalue weighted by Gasteiger charge is 2.45. The van der Waals surface area contributed by atoms with Gasteiger partial charge in [-0.25, -0.2) is 0 Å². The van der Waals surface area contributed by atoms with Crippen LogP contribution in [0.1, 0.15) is 63.4 Å². The number of likely N-dealkylation sites (tertiary alicyclic amines) is 1. The van der Waals surface area contributed by atoms with Gasteiger partial charge in [-0.1, -0.05) is 49.4 Å².